The predicted molar refractivity (Wildman–Crippen MR) is 79.3 cm³/mol. The highest BCUT2D eigenvalue weighted by molar-refractivity contribution is 5.92. The number of nitrogens with one attached hydrogen (secondary N) is 1. The first kappa shape index (κ1) is 14.7. The summed E-state index contributed by atoms with van der Waals surface area (Å²) < 4.78 is 14.8. The highest BCUT2D eigenvalue weighted by Gasteiger charge is 2.42. The number of benzene rings is 1. The molecule has 0 radical (unpaired) electrons. The lowest BCUT2D eigenvalue weighted by molar-refractivity contribution is 0.0930. The predicted octanol–water partition coefficient (Wildman–Crippen LogP) is 1.82. The average Bonchev–Trinajstić information content (AvgIpc) is 3.19. The van der Waals surface area contributed by atoms with E-state index in [0.717, 1.165) is 18.5 Å². The van der Waals surface area contributed by atoms with Crippen LogP contribution in [-0.4, -0.2) is 33.9 Å². The van der Waals surface area contributed by atoms with Crippen molar-refractivity contribution in [2.24, 2.45) is 5.41 Å². The molecule has 3 rings (SSSR count). The third-order valence-corrected chi connectivity index (χ3v) is 4.09. The van der Waals surface area contributed by atoms with E-state index in [1.165, 1.54) is 16.8 Å². The van der Waals surface area contributed by atoms with E-state index in [1.807, 2.05) is 6.92 Å². The Morgan fingerprint density at radius 2 is 2.23 bits per heavy atom. The Morgan fingerprint density at radius 3 is 2.86 bits per heavy atom. The van der Waals surface area contributed by atoms with Gasteiger partial charge in [-0.3, -0.25) is 4.79 Å². The number of halogens is 1. The van der Waals surface area contributed by atoms with Gasteiger partial charge in [-0.25, -0.2) is 9.07 Å². The Balaban J connectivity index is 1.75. The zero-order valence-corrected chi connectivity index (χ0v) is 12.3. The number of carbonyl (C=O) groups excluding carboxylic acids is 1. The monoisotopic (exact) mass is 303 g/mol. The summed E-state index contributed by atoms with van der Waals surface area (Å²) in [6, 6.07) is 7.73. The molecule has 1 aromatic heterocycles. The zero-order valence-electron chi connectivity index (χ0n) is 12.3. The molecule has 2 N–H and O–H groups in total. The number of aromatic nitrogens is 2. The van der Waals surface area contributed by atoms with Gasteiger partial charge in [-0.1, -0.05) is 6.07 Å². The van der Waals surface area contributed by atoms with Crippen LogP contribution in [0.1, 0.15) is 29.0 Å². The van der Waals surface area contributed by atoms with Crippen molar-refractivity contribution in [3.05, 3.63) is 47.5 Å². The van der Waals surface area contributed by atoms with Gasteiger partial charge in [-0.2, -0.15) is 5.10 Å². The van der Waals surface area contributed by atoms with Gasteiger partial charge in [0.25, 0.3) is 5.91 Å². The Bertz CT molecular complexity index is 707. The lowest BCUT2D eigenvalue weighted by Gasteiger charge is -2.11. The number of aliphatic hydroxyl groups is 1. The number of hydrogen-bond acceptors (Lipinski definition) is 3. The molecule has 116 valence electrons. The first-order chi connectivity index (χ1) is 10.5. The summed E-state index contributed by atoms with van der Waals surface area (Å²) in [5.74, 6) is -0.630. The van der Waals surface area contributed by atoms with Crippen molar-refractivity contribution in [1.29, 1.82) is 0 Å². The van der Waals surface area contributed by atoms with Gasteiger partial charge in [0.05, 0.1) is 12.3 Å². The normalized spacial score (nSPS) is 15.6. The quantitative estimate of drug-likeness (QED) is 0.885. The van der Waals surface area contributed by atoms with Gasteiger partial charge in [0.1, 0.15) is 5.82 Å². The van der Waals surface area contributed by atoms with Crippen LogP contribution in [0, 0.1) is 18.2 Å². The van der Waals surface area contributed by atoms with E-state index in [4.69, 9.17) is 0 Å². The molecule has 0 bridgehead atoms. The van der Waals surface area contributed by atoms with Crippen molar-refractivity contribution in [3.63, 3.8) is 0 Å². The third-order valence-electron chi connectivity index (χ3n) is 4.09. The van der Waals surface area contributed by atoms with Crippen LogP contribution < -0.4 is 5.32 Å². The SMILES string of the molecule is Cc1cc(C(=O)NCC2(CO)CC2)nn1-c1cccc(F)c1. The Kier molecular flexibility index (Phi) is 3.70. The molecule has 1 aromatic carbocycles. The van der Waals surface area contributed by atoms with E-state index < -0.39 is 0 Å². The molecular formula is C16H18FN3O2. The lowest BCUT2D eigenvalue weighted by Crippen LogP contribution is -2.32. The van der Waals surface area contributed by atoms with Gasteiger partial charge in [-0.05, 0) is 44.0 Å². The second kappa shape index (κ2) is 5.53. The molecule has 0 aliphatic heterocycles. The van der Waals surface area contributed by atoms with Crippen LogP contribution in [0.15, 0.2) is 30.3 Å². The van der Waals surface area contributed by atoms with Crippen LogP contribution in [0.2, 0.25) is 0 Å². The fourth-order valence-corrected chi connectivity index (χ4v) is 2.38. The number of amides is 1. The summed E-state index contributed by atoms with van der Waals surface area (Å²) in [7, 11) is 0. The molecule has 1 fully saturated rings. The lowest BCUT2D eigenvalue weighted by atomic mass is 10.1. The number of aryl methyl sites for hydroxylation is 1. The van der Waals surface area contributed by atoms with Crippen molar-refractivity contribution < 1.29 is 14.3 Å². The van der Waals surface area contributed by atoms with Gasteiger partial charge in [0.2, 0.25) is 0 Å². The minimum atomic E-state index is -0.350. The highest BCUT2D eigenvalue weighted by Crippen LogP contribution is 2.44. The van der Waals surface area contributed by atoms with Crippen molar-refractivity contribution in [2.75, 3.05) is 13.2 Å². The maximum Gasteiger partial charge on any atom is 0.271 e. The van der Waals surface area contributed by atoms with Crippen LogP contribution >= 0.6 is 0 Å². The molecule has 1 heterocycles. The van der Waals surface area contributed by atoms with E-state index in [0.29, 0.717) is 12.2 Å². The van der Waals surface area contributed by atoms with Crippen LogP contribution in [0.25, 0.3) is 5.69 Å². The van der Waals surface area contributed by atoms with Gasteiger partial charge in [0.15, 0.2) is 5.69 Å². The van der Waals surface area contributed by atoms with Gasteiger partial charge >= 0.3 is 0 Å². The largest absolute Gasteiger partial charge is 0.396 e. The second-order valence-corrected chi connectivity index (χ2v) is 5.90. The molecule has 1 aliphatic carbocycles. The van der Waals surface area contributed by atoms with Gasteiger partial charge in [0, 0.05) is 17.7 Å². The van der Waals surface area contributed by atoms with E-state index in [9.17, 15) is 14.3 Å². The smallest absolute Gasteiger partial charge is 0.271 e. The summed E-state index contributed by atoms with van der Waals surface area (Å²) in [5.41, 5.74) is 1.47. The zero-order chi connectivity index (χ0) is 15.7. The summed E-state index contributed by atoms with van der Waals surface area (Å²) in [5, 5.41) is 16.3. The fourth-order valence-electron chi connectivity index (χ4n) is 2.38. The van der Waals surface area contributed by atoms with Crippen molar-refractivity contribution in [3.8, 4) is 5.69 Å². The molecule has 0 atom stereocenters. The van der Waals surface area contributed by atoms with E-state index >= 15 is 0 Å². The summed E-state index contributed by atoms with van der Waals surface area (Å²) >= 11 is 0. The first-order valence-corrected chi connectivity index (χ1v) is 7.25. The number of carbonyl (C=O) groups is 1. The first-order valence-electron chi connectivity index (χ1n) is 7.25. The Labute approximate surface area is 127 Å². The molecule has 1 aliphatic rings. The molecule has 5 nitrogen and oxygen atoms in total. The van der Waals surface area contributed by atoms with Gasteiger partial charge < -0.3 is 10.4 Å². The molecule has 1 amide bonds. The number of aliphatic hydroxyl groups excluding tert-OH is 1. The van der Waals surface area contributed by atoms with Crippen LogP contribution in [0.3, 0.4) is 0 Å². The number of rotatable bonds is 5. The topological polar surface area (TPSA) is 67.2 Å². The summed E-state index contributed by atoms with van der Waals surface area (Å²) in [6.45, 7) is 2.35. The molecule has 2 aromatic rings. The molecule has 0 unspecified atom stereocenters. The van der Waals surface area contributed by atoms with Crippen LogP contribution in [0.4, 0.5) is 4.39 Å². The summed E-state index contributed by atoms with van der Waals surface area (Å²) in [6.07, 6.45) is 1.86. The molecule has 0 saturated heterocycles. The third kappa shape index (κ3) is 2.87. The summed E-state index contributed by atoms with van der Waals surface area (Å²) in [4.78, 5) is 12.2. The van der Waals surface area contributed by atoms with Gasteiger partial charge in [-0.15, -0.1) is 0 Å². The fraction of sp³-hybridized carbons (Fsp3) is 0.375. The maximum absolute atomic E-state index is 13.3. The highest BCUT2D eigenvalue weighted by atomic mass is 19.1. The number of hydrogen-bond donors (Lipinski definition) is 2. The Morgan fingerprint density at radius 1 is 1.45 bits per heavy atom. The average molecular weight is 303 g/mol. The Hall–Kier alpha value is -2.21. The van der Waals surface area contributed by atoms with E-state index in [2.05, 4.69) is 10.4 Å². The van der Waals surface area contributed by atoms with Crippen molar-refractivity contribution >= 4 is 5.91 Å². The molecule has 6 heteroatoms. The number of nitrogens with zero attached hydrogens (tertiary/aromatic N) is 2. The molecule has 1 saturated carbocycles. The maximum atomic E-state index is 13.3. The molecule has 22 heavy (non-hydrogen) atoms. The minimum absolute atomic E-state index is 0.0873. The van der Waals surface area contributed by atoms with Crippen molar-refractivity contribution in [1.82, 2.24) is 15.1 Å². The van der Waals surface area contributed by atoms with Crippen LogP contribution in [-0.2, 0) is 0 Å². The second-order valence-electron chi connectivity index (χ2n) is 5.90. The van der Waals surface area contributed by atoms with E-state index in [-0.39, 0.29) is 29.4 Å². The molecular weight excluding hydrogens is 285 g/mol. The minimum Gasteiger partial charge on any atom is -0.396 e. The van der Waals surface area contributed by atoms with E-state index in [1.54, 1.807) is 18.2 Å². The standard InChI is InChI=1S/C16H18FN3O2/c1-11-7-14(15(22)18-9-16(10-21)5-6-16)19-20(11)13-4-2-3-12(17)8-13/h2-4,7-8,21H,5-6,9-10H2,1H3,(H,18,22). The van der Waals surface area contributed by atoms with Crippen molar-refractivity contribution in [2.45, 2.75) is 19.8 Å². The van der Waals surface area contributed by atoms with Crippen LogP contribution in [0.5, 0.6) is 0 Å². The molecule has 0 spiro atoms.